The van der Waals surface area contributed by atoms with Crippen LogP contribution in [0.5, 0.6) is 0 Å². The summed E-state index contributed by atoms with van der Waals surface area (Å²) in [5, 5.41) is 2.98. The van der Waals surface area contributed by atoms with Gasteiger partial charge < -0.3 is 5.32 Å². The average molecular weight is 195 g/mol. The van der Waals surface area contributed by atoms with Crippen molar-refractivity contribution in [1.82, 2.24) is 10.2 Å². The predicted octanol–water partition coefficient (Wildman–Crippen LogP) is 1.05. The minimum absolute atomic E-state index is 0. The molecule has 11 heavy (non-hydrogen) atoms. The zero-order valence-corrected chi connectivity index (χ0v) is 8.43. The molecule has 0 aliphatic carbocycles. The molecule has 66 valence electrons. The van der Waals surface area contributed by atoms with Crippen LogP contribution in [-0.4, -0.2) is 36.6 Å². The van der Waals surface area contributed by atoms with Gasteiger partial charge in [-0.3, -0.25) is 4.90 Å². The van der Waals surface area contributed by atoms with Crippen LogP contribution in [0.3, 0.4) is 0 Å². The van der Waals surface area contributed by atoms with E-state index in [0.29, 0.717) is 0 Å². The molecule has 1 aliphatic rings. The normalized spacial score (nSPS) is 17.5. The van der Waals surface area contributed by atoms with E-state index in [1.54, 1.807) is 0 Å². The number of thiocarbonyl (C=S) groups is 1. The van der Waals surface area contributed by atoms with Crippen molar-refractivity contribution in [3.63, 3.8) is 0 Å². The zero-order chi connectivity index (χ0) is 7.40. The third-order valence-electron chi connectivity index (χ3n) is 1.84. The van der Waals surface area contributed by atoms with E-state index in [1.807, 2.05) is 7.05 Å². The first kappa shape index (κ1) is 11.1. The van der Waals surface area contributed by atoms with Gasteiger partial charge in [0.1, 0.15) is 0 Å². The molecule has 1 rings (SSSR count). The van der Waals surface area contributed by atoms with Crippen LogP contribution in [0, 0.1) is 0 Å². The second-order valence-corrected chi connectivity index (χ2v) is 3.15. The topological polar surface area (TPSA) is 15.3 Å². The molecule has 4 heteroatoms. The lowest BCUT2D eigenvalue weighted by molar-refractivity contribution is 0.387. The lowest BCUT2D eigenvalue weighted by Crippen LogP contribution is -2.32. The Balaban J connectivity index is 0.000001000. The third-order valence-corrected chi connectivity index (χ3v) is 2.18. The summed E-state index contributed by atoms with van der Waals surface area (Å²) in [6.07, 6.45) is 2.68. The number of likely N-dealkylation sites (tertiary alicyclic amines) is 1. The van der Waals surface area contributed by atoms with Crippen molar-refractivity contribution in [3.05, 3.63) is 0 Å². The molecule has 0 amide bonds. The van der Waals surface area contributed by atoms with Crippen LogP contribution in [0.4, 0.5) is 0 Å². The molecule has 1 heterocycles. The SMILES string of the molecule is CNC(=S)CN1CCCC1.Cl. The highest BCUT2D eigenvalue weighted by Gasteiger charge is 2.11. The van der Waals surface area contributed by atoms with Gasteiger partial charge in [-0.1, -0.05) is 12.2 Å². The number of rotatable bonds is 2. The Bertz CT molecular complexity index is 124. The maximum absolute atomic E-state index is 5.04. The van der Waals surface area contributed by atoms with Gasteiger partial charge >= 0.3 is 0 Å². The van der Waals surface area contributed by atoms with Gasteiger partial charge in [-0.15, -0.1) is 12.4 Å². The quantitative estimate of drug-likeness (QED) is 0.662. The van der Waals surface area contributed by atoms with E-state index in [-0.39, 0.29) is 12.4 Å². The lowest BCUT2D eigenvalue weighted by atomic mass is 10.4. The van der Waals surface area contributed by atoms with Gasteiger partial charge in [0.05, 0.1) is 4.99 Å². The molecule has 0 spiro atoms. The summed E-state index contributed by atoms with van der Waals surface area (Å²) in [6, 6.07) is 0. The van der Waals surface area contributed by atoms with E-state index >= 15 is 0 Å². The average Bonchev–Trinajstić information content (AvgIpc) is 2.40. The van der Waals surface area contributed by atoms with Gasteiger partial charge in [0.2, 0.25) is 0 Å². The molecule has 0 atom stereocenters. The molecule has 1 N–H and O–H groups in total. The van der Waals surface area contributed by atoms with Crippen molar-refractivity contribution in [2.24, 2.45) is 0 Å². The lowest BCUT2D eigenvalue weighted by Gasteiger charge is -2.14. The molecule has 1 fully saturated rings. The van der Waals surface area contributed by atoms with E-state index in [1.165, 1.54) is 25.9 Å². The molecule has 0 aromatic rings. The van der Waals surface area contributed by atoms with Gasteiger partial charge in [0, 0.05) is 13.6 Å². The number of hydrogen-bond donors (Lipinski definition) is 1. The number of nitrogens with zero attached hydrogens (tertiary/aromatic N) is 1. The van der Waals surface area contributed by atoms with E-state index in [0.717, 1.165) is 11.5 Å². The fourth-order valence-electron chi connectivity index (χ4n) is 1.22. The maximum Gasteiger partial charge on any atom is 0.0893 e. The summed E-state index contributed by atoms with van der Waals surface area (Å²) >= 11 is 5.04. The van der Waals surface area contributed by atoms with Crippen molar-refractivity contribution < 1.29 is 0 Å². The summed E-state index contributed by atoms with van der Waals surface area (Å²) in [5.41, 5.74) is 0. The highest BCUT2D eigenvalue weighted by molar-refractivity contribution is 7.80. The fourth-order valence-corrected chi connectivity index (χ4v) is 1.41. The monoisotopic (exact) mass is 194 g/mol. The Hall–Kier alpha value is 0.140. The van der Waals surface area contributed by atoms with E-state index in [2.05, 4.69) is 10.2 Å². The van der Waals surface area contributed by atoms with E-state index < -0.39 is 0 Å². The summed E-state index contributed by atoms with van der Waals surface area (Å²) in [4.78, 5) is 3.35. The first-order chi connectivity index (χ1) is 4.83. The molecule has 2 nitrogen and oxygen atoms in total. The molecular weight excluding hydrogens is 180 g/mol. The third kappa shape index (κ3) is 3.89. The van der Waals surface area contributed by atoms with Gasteiger partial charge in [-0.2, -0.15) is 0 Å². The summed E-state index contributed by atoms with van der Waals surface area (Å²) in [7, 11) is 1.89. The van der Waals surface area contributed by atoms with Crippen LogP contribution in [0.2, 0.25) is 0 Å². The Morgan fingerprint density at radius 3 is 2.45 bits per heavy atom. The van der Waals surface area contributed by atoms with Crippen LogP contribution in [0.1, 0.15) is 12.8 Å². The molecule has 1 aliphatic heterocycles. The van der Waals surface area contributed by atoms with Gasteiger partial charge in [-0.05, 0) is 25.9 Å². The van der Waals surface area contributed by atoms with Crippen molar-refractivity contribution in [3.8, 4) is 0 Å². The number of hydrogen-bond acceptors (Lipinski definition) is 2. The van der Waals surface area contributed by atoms with Crippen LogP contribution >= 0.6 is 24.6 Å². The summed E-state index contributed by atoms with van der Waals surface area (Å²) in [6.45, 7) is 3.40. The van der Waals surface area contributed by atoms with Gasteiger partial charge in [-0.25, -0.2) is 0 Å². The van der Waals surface area contributed by atoms with Crippen LogP contribution in [-0.2, 0) is 0 Å². The Morgan fingerprint density at radius 2 is 2.00 bits per heavy atom. The van der Waals surface area contributed by atoms with Crippen LogP contribution in [0.25, 0.3) is 0 Å². The van der Waals surface area contributed by atoms with Gasteiger partial charge in [0.25, 0.3) is 0 Å². The molecule has 1 saturated heterocycles. The Labute approximate surface area is 79.7 Å². The molecule has 0 bridgehead atoms. The molecule has 0 radical (unpaired) electrons. The molecular formula is C7H15ClN2S. The minimum atomic E-state index is 0. The fraction of sp³-hybridized carbons (Fsp3) is 0.857. The second kappa shape index (κ2) is 5.75. The summed E-state index contributed by atoms with van der Waals surface area (Å²) < 4.78 is 0. The van der Waals surface area contributed by atoms with Crippen LogP contribution < -0.4 is 5.32 Å². The maximum atomic E-state index is 5.04. The first-order valence-corrected chi connectivity index (χ1v) is 4.16. The molecule has 0 aromatic carbocycles. The minimum Gasteiger partial charge on any atom is -0.382 e. The smallest absolute Gasteiger partial charge is 0.0893 e. The number of nitrogens with one attached hydrogen (secondary N) is 1. The summed E-state index contributed by atoms with van der Waals surface area (Å²) in [5.74, 6) is 0. The first-order valence-electron chi connectivity index (χ1n) is 3.76. The molecule has 0 aromatic heterocycles. The Kier molecular flexibility index (Phi) is 5.82. The largest absolute Gasteiger partial charge is 0.382 e. The standard InChI is InChI=1S/C7H14N2S.ClH/c1-8-7(10)6-9-4-2-3-5-9;/h2-6H2,1H3,(H,8,10);1H. The highest BCUT2D eigenvalue weighted by atomic mass is 35.5. The van der Waals surface area contributed by atoms with Crippen LogP contribution in [0.15, 0.2) is 0 Å². The second-order valence-electron chi connectivity index (χ2n) is 2.66. The Morgan fingerprint density at radius 1 is 1.45 bits per heavy atom. The molecule has 0 saturated carbocycles. The number of halogens is 1. The molecule has 0 unspecified atom stereocenters. The number of likely N-dealkylation sites (N-methyl/N-ethyl adjacent to an activating group) is 1. The van der Waals surface area contributed by atoms with Crippen molar-refractivity contribution in [1.29, 1.82) is 0 Å². The van der Waals surface area contributed by atoms with Crippen molar-refractivity contribution >= 4 is 29.6 Å². The van der Waals surface area contributed by atoms with Crippen molar-refractivity contribution in [2.75, 3.05) is 26.7 Å². The van der Waals surface area contributed by atoms with E-state index in [9.17, 15) is 0 Å². The van der Waals surface area contributed by atoms with E-state index in [4.69, 9.17) is 12.2 Å². The van der Waals surface area contributed by atoms with Gasteiger partial charge in [0.15, 0.2) is 0 Å². The highest BCUT2D eigenvalue weighted by Crippen LogP contribution is 2.05. The predicted molar refractivity (Wildman–Crippen MR) is 54.6 cm³/mol. The zero-order valence-electron chi connectivity index (χ0n) is 6.80. The van der Waals surface area contributed by atoms with Crippen molar-refractivity contribution in [2.45, 2.75) is 12.8 Å².